The summed E-state index contributed by atoms with van der Waals surface area (Å²) >= 11 is 0. The highest BCUT2D eigenvalue weighted by Gasteiger charge is 2.08. The van der Waals surface area contributed by atoms with Crippen molar-refractivity contribution in [1.29, 1.82) is 0 Å². The lowest BCUT2D eigenvalue weighted by Crippen LogP contribution is -2.17. The minimum Gasteiger partial charge on any atom is -0.370 e. The Morgan fingerprint density at radius 3 is 2.50 bits per heavy atom. The van der Waals surface area contributed by atoms with Crippen LogP contribution in [-0.4, -0.2) is 27.5 Å². The quantitative estimate of drug-likeness (QED) is 0.632. The van der Waals surface area contributed by atoms with Gasteiger partial charge in [-0.25, -0.2) is 4.98 Å². The molecule has 3 rings (SSSR count). The Morgan fingerprint density at radius 1 is 1.00 bits per heavy atom. The van der Waals surface area contributed by atoms with Gasteiger partial charge in [-0.05, 0) is 37.5 Å². The van der Waals surface area contributed by atoms with Gasteiger partial charge in [-0.1, -0.05) is 37.3 Å². The molecule has 0 spiro atoms. The lowest BCUT2D eigenvalue weighted by Gasteiger charge is -2.14. The monoisotopic (exact) mass is 347 g/mol. The Labute approximate surface area is 154 Å². The first-order chi connectivity index (χ1) is 12.7. The van der Waals surface area contributed by atoms with Gasteiger partial charge in [0.2, 0.25) is 5.95 Å². The molecule has 0 aliphatic rings. The lowest BCUT2D eigenvalue weighted by atomic mass is 10.1. The van der Waals surface area contributed by atoms with Crippen LogP contribution < -0.4 is 10.6 Å². The number of nitrogens with zero attached hydrogens (tertiary/aromatic N) is 3. The van der Waals surface area contributed by atoms with Gasteiger partial charge in [-0.15, -0.1) is 0 Å². The van der Waals surface area contributed by atoms with Crippen LogP contribution in [0.25, 0.3) is 11.3 Å². The zero-order valence-electron chi connectivity index (χ0n) is 15.3. The Hall–Kier alpha value is -2.95. The fraction of sp³-hybridized carbons (Fsp3) is 0.286. The normalized spacial score (nSPS) is 11.8. The summed E-state index contributed by atoms with van der Waals surface area (Å²) in [4.78, 5) is 13.4. The molecule has 3 aromatic rings. The Morgan fingerprint density at radius 2 is 1.77 bits per heavy atom. The number of benzene rings is 1. The van der Waals surface area contributed by atoms with Crippen LogP contribution in [0.3, 0.4) is 0 Å². The molecule has 0 unspecified atom stereocenters. The van der Waals surface area contributed by atoms with Crippen LogP contribution in [-0.2, 0) is 6.42 Å². The highest BCUT2D eigenvalue weighted by atomic mass is 15.2. The average molecular weight is 347 g/mol. The number of hydrogen-bond donors (Lipinski definition) is 2. The zero-order chi connectivity index (χ0) is 18.2. The molecule has 5 nitrogen and oxygen atoms in total. The van der Waals surface area contributed by atoms with E-state index in [9.17, 15) is 0 Å². The molecular formula is C21H25N5. The van der Waals surface area contributed by atoms with Crippen LogP contribution in [0.15, 0.2) is 60.9 Å². The van der Waals surface area contributed by atoms with Gasteiger partial charge >= 0.3 is 0 Å². The van der Waals surface area contributed by atoms with Gasteiger partial charge in [0.15, 0.2) is 0 Å². The first kappa shape index (κ1) is 17.9. The second kappa shape index (κ2) is 8.94. The van der Waals surface area contributed by atoms with Crippen molar-refractivity contribution in [1.82, 2.24) is 15.0 Å². The van der Waals surface area contributed by atoms with E-state index < -0.39 is 0 Å². The molecule has 0 saturated carbocycles. The minimum absolute atomic E-state index is 0.319. The molecule has 134 valence electrons. The summed E-state index contributed by atoms with van der Waals surface area (Å²) in [6.07, 6.45) is 5.52. The third-order valence-corrected chi connectivity index (χ3v) is 4.25. The van der Waals surface area contributed by atoms with Crippen molar-refractivity contribution >= 4 is 11.8 Å². The molecule has 0 bridgehead atoms. The molecule has 26 heavy (non-hydrogen) atoms. The maximum atomic E-state index is 4.67. The summed E-state index contributed by atoms with van der Waals surface area (Å²) in [7, 11) is 0. The molecule has 5 heteroatoms. The molecule has 0 radical (unpaired) electrons. The Balaban J connectivity index is 1.77. The number of hydrogen-bond acceptors (Lipinski definition) is 5. The van der Waals surface area contributed by atoms with Gasteiger partial charge in [-0.3, -0.25) is 4.98 Å². The predicted molar refractivity (Wildman–Crippen MR) is 107 cm³/mol. The van der Waals surface area contributed by atoms with Gasteiger partial charge in [0.05, 0.1) is 5.69 Å². The maximum Gasteiger partial charge on any atom is 0.225 e. The van der Waals surface area contributed by atoms with Crippen LogP contribution in [0, 0.1) is 0 Å². The van der Waals surface area contributed by atoms with Gasteiger partial charge in [0.25, 0.3) is 0 Å². The highest BCUT2D eigenvalue weighted by Crippen LogP contribution is 2.21. The lowest BCUT2D eigenvalue weighted by molar-refractivity contribution is 0.753. The molecule has 0 saturated heterocycles. The molecule has 0 aliphatic carbocycles. The molecule has 2 heterocycles. The van der Waals surface area contributed by atoms with Crippen LogP contribution in [0.5, 0.6) is 0 Å². The smallest absolute Gasteiger partial charge is 0.225 e. The standard InChI is InChI=1S/C21H25N5/c1-3-16(2)24-21-25-19(18-10-12-22-13-11-18)15-20(26-21)23-14-9-17-7-5-4-6-8-17/h4-8,10-13,15-16H,3,9,14H2,1-2H3,(H2,23,24,25,26)/t16-/m0/s1. The van der Waals surface area contributed by atoms with Gasteiger partial charge in [0, 0.05) is 36.6 Å². The van der Waals surface area contributed by atoms with E-state index >= 15 is 0 Å². The molecule has 0 aliphatic heterocycles. The second-order valence-corrected chi connectivity index (χ2v) is 6.31. The molecule has 0 fully saturated rings. The summed E-state index contributed by atoms with van der Waals surface area (Å²) in [5, 5.41) is 6.80. The number of nitrogens with one attached hydrogen (secondary N) is 2. The van der Waals surface area contributed by atoms with Crippen molar-refractivity contribution in [2.75, 3.05) is 17.2 Å². The average Bonchev–Trinajstić information content (AvgIpc) is 2.69. The van der Waals surface area contributed by atoms with Crippen LogP contribution >= 0.6 is 0 Å². The van der Waals surface area contributed by atoms with E-state index in [0.717, 1.165) is 36.5 Å². The molecule has 0 amide bonds. The summed E-state index contributed by atoms with van der Waals surface area (Å²) in [6, 6.07) is 16.7. The van der Waals surface area contributed by atoms with Crippen molar-refractivity contribution < 1.29 is 0 Å². The minimum atomic E-state index is 0.319. The zero-order valence-corrected chi connectivity index (χ0v) is 15.3. The topological polar surface area (TPSA) is 62.7 Å². The Bertz CT molecular complexity index is 805. The third kappa shape index (κ3) is 5.02. The largest absolute Gasteiger partial charge is 0.370 e. The van der Waals surface area contributed by atoms with E-state index in [1.165, 1.54) is 5.56 Å². The highest BCUT2D eigenvalue weighted by molar-refractivity contribution is 5.63. The number of anilines is 2. The van der Waals surface area contributed by atoms with E-state index in [4.69, 9.17) is 0 Å². The van der Waals surface area contributed by atoms with Gasteiger partial charge in [-0.2, -0.15) is 4.98 Å². The molecule has 2 aromatic heterocycles. The second-order valence-electron chi connectivity index (χ2n) is 6.31. The molecule has 1 atom stereocenters. The SMILES string of the molecule is CC[C@H](C)Nc1nc(NCCc2ccccc2)cc(-c2ccncc2)n1. The fourth-order valence-electron chi connectivity index (χ4n) is 2.57. The molecular weight excluding hydrogens is 322 g/mol. The first-order valence-corrected chi connectivity index (χ1v) is 9.08. The number of pyridine rings is 1. The summed E-state index contributed by atoms with van der Waals surface area (Å²) < 4.78 is 0. The van der Waals surface area contributed by atoms with Gasteiger partial charge in [0.1, 0.15) is 5.82 Å². The fourth-order valence-corrected chi connectivity index (χ4v) is 2.57. The number of aromatic nitrogens is 3. The van der Waals surface area contributed by atoms with Crippen LogP contribution in [0.1, 0.15) is 25.8 Å². The maximum absolute atomic E-state index is 4.67. The van der Waals surface area contributed by atoms with E-state index in [2.05, 4.69) is 63.7 Å². The van der Waals surface area contributed by atoms with Crippen molar-refractivity contribution in [3.05, 3.63) is 66.5 Å². The summed E-state index contributed by atoms with van der Waals surface area (Å²) in [5.74, 6) is 1.48. The van der Waals surface area contributed by atoms with E-state index in [1.54, 1.807) is 12.4 Å². The van der Waals surface area contributed by atoms with Crippen molar-refractivity contribution in [2.45, 2.75) is 32.7 Å². The van der Waals surface area contributed by atoms with Crippen LogP contribution in [0.4, 0.5) is 11.8 Å². The van der Waals surface area contributed by atoms with Crippen molar-refractivity contribution in [2.24, 2.45) is 0 Å². The van der Waals surface area contributed by atoms with Crippen molar-refractivity contribution in [3.63, 3.8) is 0 Å². The predicted octanol–water partition coefficient (Wildman–Crippen LogP) is 4.40. The van der Waals surface area contributed by atoms with Crippen LogP contribution in [0.2, 0.25) is 0 Å². The third-order valence-electron chi connectivity index (χ3n) is 4.25. The van der Waals surface area contributed by atoms with Gasteiger partial charge < -0.3 is 10.6 Å². The summed E-state index contributed by atoms with van der Waals surface area (Å²) in [6.45, 7) is 5.09. The molecule has 2 N–H and O–H groups in total. The Kier molecular flexibility index (Phi) is 6.14. The first-order valence-electron chi connectivity index (χ1n) is 9.08. The molecule has 1 aromatic carbocycles. The van der Waals surface area contributed by atoms with E-state index in [-0.39, 0.29) is 0 Å². The summed E-state index contributed by atoms with van der Waals surface area (Å²) in [5.41, 5.74) is 3.22. The van der Waals surface area contributed by atoms with E-state index in [1.807, 2.05) is 24.3 Å². The van der Waals surface area contributed by atoms with Crippen molar-refractivity contribution in [3.8, 4) is 11.3 Å². The van der Waals surface area contributed by atoms with E-state index in [0.29, 0.717) is 12.0 Å². The number of rotatable bonds is 8.